The smallest absolute Gasteiger partial charge is 0.328 e. The topological polar surface area (TPSA) is 57.6 Å². The first-order chi connectivity index (χ1) is 8.95. The van der Waals surface area contributed by atoms with Crippen LogP contribution in [0, 0.1) is 5.92 Å². The lowest BCUT2D eigenvalue weighted by atomic mass is 10.2. The van der Waals surface area contributed by atoms with E-state index in [1.54, 1.807) is 16.3 Å². The molecule has 5 heteroatoms. The molecule has 0 fully saturated rings. The van der Waals surface area contributed by atoms with Crippen LogP contribution in [-0.2, 0) is 4.79 Å². The first-order valence-corrected chi connectivity index (χ1v) is 7.11. The van der Waals surface area contributed by atoms with Crippen molar-refractivity contribution in [3.63, 3.8) is 0 Å². The molecule has 0 spiro atoms. The largest absolute Gasteiger partial charge is 0.478 e. The molecule has 0 aliphatic rings. The van der Waals surface area contributed by atoms with Gasteiger partial charge in [-0.1, -0.05) is 13.8 Å². The monoisotopic (exact) mass is 281 g/mol. The summed E-state index contributed by atoms with van der Waals surface area (Å²) >= 11 is 1.34. The lowest BCUT2D eigenvalue weighted by Crippen LogP contribution is -2.33. The van der Waals surface area contributed by atoms with Gasteiger partial charge >= 0.3 is 5.97 Å². The van der Waals surface area contributed by atoms with Crippen LogP contribution in [0.4, 0.5) is 0 Å². The van der Waals surface area contributed by atoms with Gasteiger partial charge in [-0.25, -0.2) is 4.79 Å². The highest BCUT2D eigenvalue weighted by atomic mass is 32.1. The number of hydrogen-bond acceptors (Lipinski definition) is 3. The summed E-state index contributed by atoms with van der Waals surface area (Å²) in [6, 6.07) is 1.76. The molecule has 0 bridgehead atoms. The fourth-order valence-corrected chi connectivity index (χ4v) is 2.58. The van der Waals surface area contributed by atoms with E-state index in [0.717, 1.165) is 6.08 Å². The van der Waals surface area contributed by atoms with Crippen molar-refractivity contribution in [3.05, 3.63) is 28.0 Å². The lowest BCUT2D eigenvalue weighted by Gasteiger charge is -2.22. The highest BCUT2D eigenvalue weighted by Gasteiger charge is 2.18. The van der Waals surface area contributed by atoms with Gasteiger partial charge in [0.25, 0.3) is 5.91 Å². The van der Waals surface area contributed by atoms with Crippen molar-refractivity contribution in [3.8, 4) is 0 Å². The van der Waals surface area contributed by atoms with E-state index in [4.69, 9.17) is 5.11 Å². The van der Waals surface area contributed by atoms with Gasteiger partial charge in [-0.2, -0.15) is 0 Å². The Morgan fingerprint density at radius 2 is 2.16 bits per heavy atom. The molecule has 0 unspecified atom stereocenters. The van der Waals surface area contributed by atoms with Crippen LogP contribution in [0.1, 0.15) is 36.0 Å². The van der Waals surface area contributed by atoms with Crippen LogP contribution in [0.15, 0.2) is 17.5 Å². The van der Waals surface area contributed by atoms with Crippen molar-refractivity contribution in [1.29, 1.82) is 0 Å². The zero-order valence-corrected chi connectivity index (χ0v) is 12.2. The van der Waals surface area contributed by atoms with E-state index in [0.29, 0.717) is 29.4 Å². The summed E-state index contributed by atoms with van der Waals surface area (Å²) in [6.07, 6.45) is 2.52. The number of carbonyl (C=O) groups excluding carboxylic acids is 1. The molecular formula is C14H19NO3S. The maximum Gasteiger partial charge on any atom is 0.328 e. The van der Waals surface area contributed by atoms with Gasteiger partial charge in [0.05, 0.1) is 4.88 Å². The van der Waals surface area contributed by atoms with Crippen LogP contribution >= 0.6 is 11.3 Å². The Morgan fingerprint density at radius 1 is 1.47 bits per heavy atom. The van der Waals surface area contributed by atoms with Crippen molar-refractivity contribution < 1.29 is 14.7 Å². The Balaban J connectivity index is 2.93. The number of carbonyl (C=O) groups is 2. The fourth-order valence-electron chi connectivity index (χ4n) is 1.73. The highest BCUT2D eigenvalue weighted by Crippen LogP contribution is 2.21. The molecule has 1 amide bonds. The number of aliphatic carboxylic acids is 1. The van der Waals surface area contributed by atoms with Crippen LogP contribution in [0.2, 0.25) is 0 Å². The first-order valence-electron chi connectivity index (χ1n) is 6.23. The van der Waals surface area contributed by atoms with Crippen LogP contribution < -0.4 is 0 Å². The molecule has 1 N–H and O–H groups in total. The van der Waals surface area contributed by atoms with E-state index in [1.807, 2.05) is 6.92 Å². The Bertz CT molecular complexity index is 477. The maximum absolute atomic E-state index is 12.4. The fraction of sp³-hybridized carbons (Fsp3) is 0.429. The van der Waals surface area contributed by atoms with E-state index in [-0.39, 0.29) is 5.91 Å². The molecule has 1 aromatic rings. The quantitative estimate of drug-likeness (QED) is 0.816. The molecule has 0 aliphatic heterocycles. The Kier molecular flexibility index (Phi) is 5.76. The number of nitrogens with zero attached hydrogens (tertiary/aromatic N) is 1. The van der Waals surface area contributed by atoms with Crippen LogP contribution in [-0.4, -0.2) is 35.0 Å². The van der Waals surface area contributed by atoms with Crippen molar-refractivity contribution in [2.75, 3.05) is 13.1 Å². The molecule has 0 saturated carbocycles. The third-order valence-electron chi connectivity index (χ3n) is 2.55. The molecule has 1 heterocycles. The van der Waals surface area contributed by atoms with Crippen molar-refractivity contribution in [2.45, 2.75) is 20.8 Å². The van der Waals surface area contributed by atoms with Gasteiger partial charge < -0.3 is 10.0 Å². The number of carboxylic acid groups (broad SMARTS) is 1. The molecule has 0 aromatic carbocycles. The first kappa shape index (κ1) is 15.4. The summed E-state index contributed by atoms with van der Waals surface area (Å²) in [6.45, 7) is 7.43. The summed E-state index contributed by atoms with van der Waals surface area (Å²) in [5.74, 6) is -0.641. The predicted molar refractivity (Wildman–Crippen MR) is 77.4 cm³/mol. The van der Waals surface area contributed by atoms with Gasteiger partial charge in [0, 0.05) is 19.2 Å². The summed E-state index contributed by atoms with van der Waals surface area (Å²) in [5, 5.41) is 10.4. The molecule has 4 nitrogen and oxygen atoms in total. The van der Waals surface area contributed by atoms with Gasteiger partial charge in [0.15, 0.2) is 0 Å². The molecule has 1 aromatic heterocycles. The van der Waals surface area contributed by atoms with Crippen molar-refractivity contribution >= 4 is 29.3 Å². The van der Waals surface area contributed by atoms with Crippen LogP contribution in [0.5, 0.6) is 0 Å². The van der Waals surface area contributed by atoms with E-state index in [1.165, 1.54) is 17.4 Å². The Morgan fingerprint density at radius 3 is 2.68 bits per heavy atom. The summed E-state index contributed by atoms with van der Waals surface area (Å²) in [5.41, 5.74) is 0.666. The average Bonchev–Trinajstić information content (AvgIpc) is 2.80. The Hall–Kier alpha value is -1.62. The van der Waals surface area contributed by atoms with E-state index in [2.05, 4.69) is 13.8 Å². The van der Waals surface area contributed by atoms with Gasteiger partial charge in [-0.15, -0.1) is 11.3 Å². The second kappa shape index (κ2) is 7.09. The van der Waals surface area contributed by atoms with Crippen molar-refractivity contribution in [1.82, 2.24) is 4.90 Å². The number of rotatable bonds is 6. The minimum atomic E-state index is -1.01. The molecule has 0 radical (unpaired) electrons. The van der Waals surface area contributed by atoms with Crippen LogP contribution in [0.3, 0.4) is 0 Å². The third kappa shape index (κ3) is 4.52. The molecular weight excluding hydrogens is 262 g/mol. The van der Waals surface area contributed by atoms with Gasteiger partial charge in [0.1, 0.15) is 0 Å². The summed E-state index contributed by atoms with van der Waals surface area (Å²) in [4.78, 5) is 25.3. The van der Waals surface area contributed by atoms with E-state index >= 15 is 0 Å². The molecule has 19 heavy (non-hydrogen) atoms. The van der Waals surface area contributed by atoms with Crippen LogP contribution in [0.25, 0.3) is 6.08 Å². The van der Waals surface area contributed by atoms with E-state index in [9.17, 15) is 9.59 Å². The Labute approximate surface area is 117 Å². The average molecular weight is 281 g/mol. The normalized spacial score (nSPS) is 11.2. The summed E-state index contributed by atoms with van der Waals surface area (Å²) in [7, 11) is 0. The second-order valence-electron chi connectivity index (χ2n) is 4.61. The van der Waals surface area contributed by atoms with Gasteiger partial charge in [0.2, 0.25) is 0 Å². The van der Waals surface area contributed by atoms with Gasteiger partial charge in [-0.3, -0.25) is 4.79 Å². The van der Waals surface area contributed by atoms with E-state index < -0.39 is 5.97 Å². The minimum Gasteiger partial charge on any atom is -0.478 e. The zero-order chi connectivity index (χ0) is 14.4. The second-order valence-corrected chi connectivity index (χ2v) is 5.53. The van der Waals surface area contributed by atoms with Gasteiger partial charge in [-0.05, 0) is 35.9 Å². The predicted octanol–water partition coefficient (Wildman–Crippen LogP) is 2.96. The number of hydrogen-bond donors (Lipinski definition) is 1. The third-order valence-corrected chi connectivity index (χ3v) is 3.47. The minimum absolute atomic E-state index is 0.0313. The van der Waals surface area contributed by atoms with Crippen molar-refractivity contribution in [2.24, 2.45) is 5.92 Å². The zero-order valence-electron chi connectivity index (χ0n) is 11.4. The molecule has 0 saturated heterocycles. The number of carboxylic acids is 1. The highest BCUT2D eigenvalue weighted by molar-refractivity contribution is 7.12. The SMILES string of the molecule is CCN(CC(C)C)C(=O)c1sccc1C=CC(=O)O. The lowest BCUT2D eigenvalue weighted by molar-refractivity contribution is -0.131. The number of thiophene rings is 1. The molecule has 104 valence electrons. The molecule has 0 atom stereocenters. The number of amides is 1. The molecule has 0 aliphatic carbocycles. The maximum atomic E-state index is 12.4. The summed E-state index contributed by atoms with van der Waals surface area (Å²) < 4.78 is 0. The standard InChI is InChI=1S/C14H19NO3S/c1-4-15(9-10(2)3)14(18)13-11(7-8-19-13)5-6-12(16)17/h5-8,10H,4,9H2,1-3H3,(H,16,17). The molecule has 1 rings (SSSR count).